The first kappa shape index (κ1) is 27.1. The van der Waals surface area contributed by atoms with Crippen LogP contribution >= 0.6 is 0 Å². The zero-order valence-corrected chi connectivity index (χ0v) is 24.5. The van der Waals surface area contributed by atoms with Gasteiger partial charge in [-0.05, 0) is 59.4 Å². The van der Waals surface area contributed by atoms with E-state index in [1.807, 2.05) is 36.4 Å². The van der Waals surface area contributed by atoms with Gasteiger partial charge in [-0.25, -0.2) is 13.4 Å². The molecule has 2 heterocycles. The van der Waals surface area contributed by atoms with Crippen molar-refractivity contribution < 1.29 is 12.8 Å². The quantitative estimate of drug-likeness (QED) is 0.185. The molecule has 0 amide bonds. The van der Waals surface area contributed by atoms with Crippen molar-refractivity contribution in [3.8, 4) is 22.7 Å². The zero-order chi connectivity index (χ0) is 28.7. The van der Waals surface area contributed by atoms with Crippen LogP contribution in [0.3, 0.4) is 0 Å². The number of fused-ring (bicyclic) bond motifs is 1. The smallest absolute Gasteiger partial charge is 0.232 e. The molecule has 41 heavy (non-hydrogen) atoms. The maximum absolute atomic E-state index is 13.0. The molecule has 0 aliphatic heterocycles. The predicted octanol–water partition coefficient (Wildman–Crippen LogP) is 8.24. The summed E-state index contributed by atoms with van der Waals surface area (Å²) in [5.74, 6) is 2.13. The summed E-state index contributed by atoms with van der Waals surface area (Å²) in [6.45, 7) is 8.96. The number of imidazole rings is 1. The highest BCUT2D eigenvalue weighted by Crippen LogP contribution is 2.49. The van der Waals surface area contributed by atoms with Crippen molar-refractivity contribution in [2.45, 2.75) is 39.0 Å². The van der Waals surface area contributed by atoms with Gasteiger partial charge >= 0.3 is 0 Å². The molecule has 1 aliphatic rings. The number of benzene rings is 3. The van der Waals surface area contributed by atoms with Gasteiger partial charge in [-0.2, -0.15) is 0 Å². The van der Waals surface area contributed by atoms with Crippen molar-refractivity contribution in [1.82, 2.24) is 9.97 Å². The van der Waals surface area contributed by atoms with Gasteiger partial charge in [0.25, 0.3) is 0 Å². The van der Waals surface area contributed by atoms with E-state index in [9.17, 15) is 8.42 Å². The fraction of sp³-hybridized carbons (Fsp3) is 0.265. The Labute approximate surface area is 241 Å². The minimum atomic E-state index is -3.48. The number of hydrogen-bond donors (Lipinski definition) is 1. The van der Waals surface area contributed by atoms with Crippen molar-refractivity contribution >= 4 is 32.3 Å². The summed E-state index contributed by atoms with van der Waals surface area (Å²) < 4.78 is 34.2. The average Bonchev–Trinajstić information content (AvgIpc) is 3.52. The Kier molecular flexibility index (Phi) is 7.08. The van der Waals surface area contributed by atoms with E-state index < -0.39 is 10.0 Å². The van der Waals surface area contributed by atoms with Crippen LogP contribution in [0.5, 0.6) is 0 Å². The van der Waals surface area contributed by atoms with Gasteiger partial charge in [0.15, 0.2) is 0 Å². The highest BCUT2D eigenvalue weighted by molar-refractivity contribution is 7.92. The van der Waals surface area contributed by atoms with Crippen LogP contribution in [0.2, 0.25) is 0 Å². The molecular weight excluding hydrogens is 530 g/mol. The van der Waals surface area contributed by atoms with E-state index in [4.69, 9.17) is 4.42 Å². The van der Waals surface area contributed by atoms with Gasteiger partial charge < -0.3 is 9.40 Å². The third kappa shape index (κ3) is 5.46. The molecule has 0 atom stereocenters. The number of furan rings is 1. The second-order valence-corrected chi connectivity index (χ2v) is 13.3. The van der Waals surface area contributed by atoms with Crippen LogP contribution in [0.25, 0.3) is 39.3 Å². The molecule has 7 heteroatoms. The van der Waals surface area contributed by atoms with Crippen LogP contribution in [0.4, 0.5) is 5.69 Å². The summed E-state index contributed by atoms with van der Waals surface area (Å²) >= 11 is 0. The van der Waals surface area contributed by atoms with Crippen molar-refractivity contribution in [3.05, 3.63) is 102 Å². The van der Waals surface area contributed by atoms with E-state index in [0.717, 1.165) is 63.7 Å². The standard InChI is InChI=1S/C34H35N3O3S/c1-22(2)16-19-37(41(4,38)39)30-21-31-29(20-28(30)26-12-13-26)32(34-35-17-18-36-34)33(40-31)27-14-10-25(11-15-27)23(3)24-8-6-5-7-9-24/h5-11,14-15,17-18,20-22,26H,3,12-13,16,19H2,1-2,4H3,(H,35,36). The van der Waals surface area contributed by atoms with E-state index in [1.165, 1.54) is 6.26 Å². The number of rotatable bonds is 10. The molecule has 0 radical (unpaired) electrons. The monoisotopic (exact) mass is 565 g/mol. The van der Waals surface area contributed by atoms with E-state index >= 15 is 0 Å². The highest BCUT2D eigenvalue weighted by Gasteiger charge is 2.32. The molecule has 0 spiro atoms. The zero-order valence-electron chi connectivity index (χ0n) is 23.7. The Bertz CT molecular complexity index is 1800. The molecular formula is C34H35N3O3S. The van der Waals surface area contributed by atoms with E-state index in [-0.39, 0.29) is 0 Å². The summed E-state index contributed by atoms with van der Waals surface area (Å²) in [6.07, 6.45) is 7.70. The average molecular weight is 566 g/mol. The van der Waals surface area contributed by atoms with Crippen molar-refractivity contribution in [2.24, 2.45) is 5.92 Å². The first-order valence-electron chi connectivity index (χ1n) is 14.1. The van der Waals surface area contributed by atoms with Gasteiger partial charge in [0, 0.05) is 36.0 Å². The molecule has 5 aromatic rings. The number of anilines is 1. The lowest BCUT2D eigenvalue weighted by Crippen LogP contribution is -2.32. The lowest BCUT2D eigenvalue weighted by molar-refractivity contribution is 0.572. The molecule has 0 unspecified atom stereocenters. The summed E-state index contributed by atoms with van der Waals surface area (Å²) in [6, 6.07) is 22.4. The summed E-state index contributed by atoms with van der Waals surface area (Å²) in [7, 11) is -3.48. The maximum Gasteiger partial charge on any atom is 0.232 e. The molecule has 2 aromatic heterocycles. The molecule has 0 saturated heterocycles. The van der Waals surface area contributed by atoms with Crippen molar-refractivity contribution in [1.29, 1.82) is 0 Å². The number of nitrogens with one attached hydrogen (secondary N) is 1. The molecule has 1 saturated carbocycles. The number of nitrogens with zero attached hydrogens (tertiary/aromatic N) is 2. The van der Waals surface area contributed by atoms with Crippen LogP contribution in [0.15, 0.2) is 90.1 Å². The minimum absolute atomic E-state index is 0.337. The molecule has 6 rings (SSSR count). The SMILES string of the molecule is C=C(c1ccccc1)c1ccc(-c2oc3cc(N(CCC(C)C)S(C)(=O)=O)c(C4CC4)cc3c2-c2ncc[nH]2)cc1. The van der Waals surface area contributed by atoms with Crippen molar-refractivity contribution in [3.63, 3.8) is 0 Å². The molecule has 1 fully saturated rings. The Balaban J connectivity index is 1.49. The number of sulfonamides is 1. The summed E-state index contributed by atoms with van der Waals surface area (Å²) in [5, 5.41) is 0.927. The Morgan fingerprint density at radius 3 is 2.39 bits per heavy atom. The molecule has 210 valence electrons. The Hall–Kier alpha value is -4.10. The first-order chi connectivity index (χ1) is 19.7. The minimum Gasteiger partial charge on any atom is -0.455 e. The van der Waals surface area contributed by atoms with Gasteiger partial charge in [0.2, 0.25) is 10.0 Å². The first-order valence-corrected chi connectivity index (χ1v) is 16.0. The van der Waals surface area contributed by atoms with Crippen LogP contribution < -0.4 is 4.31 Å². The third-order valence-corrected chi connectivity index (χ3v) is 8.97. The van der Waals surface area contributed by atoms with E-state index in [1.54, 1.807) is 16.7 Å². The van der Waals surface area contributed by atoms with Gasteiger partial charge in [0.1, 0.15) is 17.2 Å². The van der Waals surface area contributed by atoms with Gasteiger partial charge in [-0.15, -0.1) is 0 Å². The van der Waals surface area contributed by atoms with Gasteiger partial charge in [-0.1, -0.05) is 75.0 Å². The lowest BCUT2D eigenvalue weighted by Gasteiger charge is -2.26. The maximum atomic E-state index is 13.0. The molecule has 1 N–H and O–H groups in total. The van der Waals surface area contributed by atoms with E-state index in [2.05, 4.69) is 60.7 Å². The second kappa shape index (κ2) is 10.7. The number of H-pyrrole nitrogens is 1. The summed E-state index contributed by atoms with van der Waals surface area (Å²) in [4.78, 5) is 7.84. The van der Waals surface area contributed by atoms with Crippen LogP contribution in [-0.2, 0) is 10.0 Å². The second-order valence-electron chi connectivity index (χ2n) is 11.4. The number of aromatic amines is 1. The Morgan fingerprint density at radius 2 is 1.78 bits per heavy atom. The van der Waals surface area contributed by atoms with Crippen molar-refractivity contribution in [2.75, 3.05) is 17.1 Å². The molecule has 6 nitrogen and oxygen atoms in total. The molecule has 0 bridgehead atoms. The normalized spacial score (nSPS) is 13.7. The highest BCUT2D eigenvalue weighted by atomic mass is 32.2. The lowest BCUT2D eigenvalue weighted by atomic mass is 9.97. The predicted molar refractivity (Wildman–Crippen MR) is 167 cm³/mol. The van der Waals surface area contributed by atoms with E-state index in [0.29, 0.717) is 35.5 Å². The summed E-state index contributed by atoms with van der Waals surface area (Å²) in [5.41, 5.74) is 7.27. The van der Waals surface area contributed by atoms with Crippen LogP contribution in [0.1, 0.15) is 55.7 Å². The van der Waals surface area contributed by atoms with Crippen LogP contribution in [0, 0.1) is 5.92 Å². The fourth-order valence-corrected chi connectivity index (χ4v) is 6.35. The number of aromatic nitrogens is 2. The number of hydrogen-bond acceptors (Lipinski definition) is 4. The molecule has 3 aromatic carbocycles. The van der Waals surface area contributed by atoms with Gasteiger partial charge in [0.05, 0.1) is 17.5 Å². The largest absolute Gasteiger partial charge is 0.455 e. The molecule has 1 aliphatic carbocycles. The van der Waals surface area contributed by atoms with Gasteiger partial charge in [-0.3, -0.25) is 4.31 Å². The Morgan fingerprint density at radius 1 is 1.07 bits per heavy atom. The topological polar surface area (TPSA) is 79.2 Å². The van der Waals surface area contributed by atoms with Crippen LogP contribution in [-0.4, -0.2) is 31.2 Å². The fourth-order valence-electron chi connectivity index (χ4n) is 5.40. The third-order valence-electron chi connectivity index (χ3n) is 7.79.